The fourth-order valence-corrected chi connectivity index (χ4v) is 15.8. The van der Waals surface area contributed by atoms with Crippen molar-refractivity contribution in [1.29, 1.82) is 0 Å². The molecule has 0 aliphatic heterocycles. The van der Waals surface area contributed by atoms with Gasteiger partial charge in [-0.25, -0.2) is 29.1 Å². The molecule has 0 bridgehead atoms. The van der Waals surface area contributed by atoms with Crippen molar-refractivity contribution in [2.45, 2.75) is 259 Å². The van der Waals surface area contributed by atoms with Gasteiger partial charge in [0.1, 0.15) is 82.7 Å². The number of amides is 6. The van der Waals surface area contributed by atoms with Crippen LogP contribution in [0.1, 0.15) is 200 Å². The number of methoxy groups -OCH3 is 4. The molecule has 6 N–H and O–H groups in total. The van der Waals surface area contributed by atoms with E-state index in [2.05, 4.69) is 31.9 Å². The lowest BCUT2D eigenvalue weighted by atomic mass is 9.82. The van der Waals surface area contributed by atoms with E-state index in [4.69, 9.17) is 47.9 Å². The molecule has 10 atom stereocenters. The molecule has 0 saturated heterocycles. The van der Waals surface area contributed by atoms with E-state index in [1.807, 2.05) is 152 Å². The summed E-state index contributed by atoms with van der Waals surface area (Å²) in [5.74, 6) is -5.84. The average molecular weight is 1650 g/mol. The highest BCUT2D eigenvalue weighted by atomic mass is 16.6. The van der Waals surface area contributed by atoms with Crippen LogP contribution in [0.25, 0.3) is 44.3 Å². The molecule has 4 aliphatic carbocycles. The number of ether oxygens (including phenoxy) is 8. The average Bonchev–Trinajstić information content (AvgIpc) is 1.32. The Labute approximate surface area is 705 Å². The van der Waals surface area contributed by atoms with Gasteiger partial charge in [-0.1, -0.05) is 167 Å². The van der Waals surface area contributed by atoms with E-state index >= 15 is 0 Å². The van der Waals surface area contributed by atoms with Crippen LogP contribution in [-0.4, -0.2) is 157 Å². The van der Waals surface area contributed by atoms with Crippen molar-refractivity contribution in [1.82, 2.24) is 41.9 Å². The van der Waals surface area contributed by atoms with Crippen molar-refractivity contribution in [2.24, 2.45) is 34.5 Å². The van der Waals surface area contributed by atoms with Crippen molar-refractivity contribution in [3.05, 3.63) is 132 Å². The monoisotopic (exact) mass is 1650 g/mol. The smallest absolute Gasteiger partial charge is 0.329 e. The molecule has 26 heteroatoms. The van der Waals surface area contributed by atoms with Crippen molar-refractivity contribution < 1.29 is 85.8 Å². The Morgan fingerprint density at radius 3 is 1.08 bits per heavy atom. The summed E-state index contributed by atoms with van der Waals surface area (Å²) in [6, 6.07) is 28.0. The second-order valence-electron chi connectivity index (χ2n) is 35.8. The van der Waals surface area contributed by atoms with Crippen molar-refractivity contribution >= 4 is 81.1 Å². The largest absolute Gasteiger partial charge is 0.497 e. The molecule has 0 radical (unpaired) electrons. The lowest BCUT2D eigenvalue weighted by Gasteiger charge is -2.34. The number of rotatable bonds is 30. The first kappa shape index (κ1) is 93.0. The molecule has 2 heterocycles. The minimum Gasteiger partial charge on any atom is -0.497 e. The summed E-state index contributed by atoms with van der Waals surface area (Å²) in [5.41, 5.74) is 1.24. The van der Waals surface area contributed by atoms with E-state index < -0.39 is 142 Å². The molecular formula is C94H124N8O18. The molecule has 6 amide bonds. The predicted octanol–water partition coefficient (Wildman–Crippen LogP) is 14.0. The number of esters is 4. The maximum atomic E-state index is 14.6. The Balaban J connectivity index is 0.000000273. The Hall–Kier alpha value is -10.9. The number of hydrogen-bond donors (Lipinski definition) is 6. The number of hydrogen-bond acceptors (Lipinski definition) is 20. The first-order chi connectivity index (χ1) is 56.8. The normalized spacial score (nSPS) is 18.6. The summed E-state index contributed by atoms with van der Waals surface area (Å²) in [7, 11) is 5.75. The van der Waals surface area contributed by atoms with Gasteiger partial charge in [-0.3, -0.25) is 28.8 Å². The Morgan fingerprint density at radius 1 is 0.425 bits per heavy atom. The molecule has 10 rings (SSSR count). The molecule has 648 valence electrons. The van der Waals surface area contributed by atoms with Crippen molar-refractivity contribution in [2.75, 3.05) is 28.4 Å². The molecule has 0 spiro atoms. The topological polar surface area (TPSA) is 342 Å². The Kier molecular flexibility index (Phi) is 32.0. The van der Waals surface area contributed by atoms with Gasteiger partial charge in [0.2, 0.25) is 35.4 Å². The number of aromatic nitrogens is 2. The molecule has 26 nitrogen and oxygen atoms in total. The van der Waals surface area contributed by atoms with Crippen LogP contribution in [0.2, 0.25) is 0 Å². The van der Waals surface area contributed by atoms with E-state index in [1.54, 1.807) is 80.0 Å². The molecule has 4 aliphatic rings. The number of pyridine rings is 2. The number of carbonyl (C=O) groups is 10. The summed E-state index contributed by atoms with van der Waals surface area (Å²) in [4.78, 5) is 148. The minimum absolute atomic E-state index is 0.0564. The molecule has 2 fully saturated rings. The molecule has 2 aromatic heterocycles. The third-order valence-corrected chi connectivity index (χ3v) is 22.0. The van der Waals surface area contributed by atoms with Crippen LogP contribution in [0.15, 0.2) is 132 Å². The van der Waals surface area contributed by atoms with E-state index in [-0.39, 0.29) is 35.8 Å². The van der Waals surface area contributed by atoms with Gasteiger partial charge >= 0.3 is 23.9 Å². The fourth-order valence-electron chi connectivity index (χ4n) is 15.8. The van der Waals surface area contributed by atoms with E-state index in [1.165, 1.54) is 14.2 Å². The number of fused-ring (bicyclic) bond motifs is 2. The van der Waals surface area contributed by atoms with Crippen LogP contribution in [-0.2, 0) is 66.9 Å². The molecule has 0 unspecified atom stereocenters. The third kappa shape index (κ3) is 25.1. The van der Waals surface area contributed by atoms with Gasteiger partial charge in [0, 0.05) is 70.2 Å². The van der Waals surface area contributed by atoms with Gasteiger partial charge in [-0.05, 0) is 139 Å². The van der Waals surface area contributed by atoms with Crippen LogP contribution in [0, 0.1) is 34.5 Å². The zero-order valence-corrected chi connectivity index (χ0v) is 73.0. The second kappa shape index (κ2) is 41.4. The molecule has 6 aromatic rings. The first-order valence-electron chi connectivity index (χ1n) is 42.1. The SMILES string of the molecule is CCC[C@H](NC(=O)[C@@H]1C[C@@H](Oc2cc(-c3ccccc3)nc3cc(OC)ccc23)C=C1C(=O)N[C@H](C(=O)N[C@H](C(=O)OC)C1CCCCC1)C(C)(C)C)C(=O)OC(C)(C)C.CCC[C@H](NC(=O)[C@H]1C[C@H](Oc2cc(-c3ccccc3)nc3cc(OC)ccc23)C=C1C(=O)N[C@H](C(=O)N[C@H](C(=O)OC)C1CCCCC1)C(C)(C)C)C(=O)OC(C)(C)C. The molecular weight excluding hydrogens is 1530 g/mol. The van der Waals surface area contributed by atoms with Gasteiger partial charge in [0.25, 0.3) is 0 Å². The highest BCUT2D eigenvalue weighted by Crippen LogP contribution is 2.41. The van der Waals surface area contributed by atoms with Gasteiger partial charge in [0.05, 0.1) is 62.7 Å². The Bertz CT molecular complexity index is 4390. The van der Waals surface area contributed by atoms with Crippen LogP contribution in [0.5, 0.6) is 23.0 Å². The summed E-state index contributed by atoms with van der Waals surface area (Å²) in [6.45, 7) is 25.2. The minimum atomic E-state index is -1.10. The van der Waals surface area contributed by atoms with Crippen LogP contribution < -0.4 is 50.8 Å². The van der Waals surface area contributed by atoms with Gasteiger partial charge in [0.15, 0.2) is 0 Å². The zero-order valence-electron chi connectivity index (χ0n) is 73.0. The number of nitrogens with zero attached hydrogens (tertiary/aromatic N) is 2. The molecule has 4 aromatic carbocycles. The van der Waals surface area contributed by atoms with Gasteiger partial charge in [-0.15, -0.1) is 0 Å². The summed E-state index contributed by atoms with van der Waals surface area (Å²) in [6.07, 6.45) is 12.6. The number of carbonyl (C=O) groups excluding carboxylic acids is 10. The number of nitrogens with one attached hydrogen (secondary N) is 6. The van der Waals surface area contributed by atoms with Crippen molar-refractivity contribution in [3.63, 3.8) is 0 Å². The van der Waals surface area contributed by atoms with E-state index in [0.29, 0.717) is 81.9 Å². The molecule has 2 saturated carbocycles. The number of benzene rings is 4. The summed E-state index contributed by atoms with van der Waals surface area (Å²) < 4.78 is 45.9. The predicted molar refractivity (Wildman–Crippen MR) is 458 cm³/mol. The van der Waals surface area contributed by atoms with Crippen LogP contribution in [0.4, 0.5) is 0 Å². The summed E-state index contributed by atoms with van der Waals surface area (Å²) in [5, 5.41) is 18.8. The lowest BCUT2D eigenvalue weighted by molar-refractivity contribution is -0.159. The van der Waals surface area contributed by atoms with Crippen LogP contribution in [0.3, 0.4) is 0 Å². The Morgan fingerprint density at radius 2 is 0.775 bits per heavy atom. The van der Waals surface area contributed by atoms with Gasteiger partial charge < -0.3 is 69.8 Å². The first-order valence-corrected chi connectivity index (χ1v) is 42.1. The quantitative estimate of drug-likeness (QED) is 0.0180. The summed E-state index contributed by atoms with van der Waals surface area (Å²) >= 11 is 0. The lowest BCUT2D eigenvalue weighted by Crippen LogP contribution is -2.58. The highest BCUT2D eigenvalue weighted by molar-refractivity contribution is 6.05. The second-order valence-corrected chi connectivity index (χ2v) is 35.8. The van der Waals surface area contributed by atoms with Gasteiger partial charge in [-0.2, -0.15) is 0 Å². The van der Waals surface area contributed by atoms with Crippen molar-refractivity contribution in [3.8, 4) is 45.5 Å². The molecule has 120 heavy (non-hydrogen) atoms. The van der Waals surface area contributed by atoms with Crippen LogP contribution >= 0.6 is 0 Å². The maximum absolute atomic E-state index is 14.6. The van der Waals surface area contributed by atoms with E-state index in [0.717, 1.165) is 75.3 Å². The standard InChI is InChI=1S/2C47H62N4O9/c2*1-10-17-35(44(55)60-47(5,6)7)49-41(52)33-24-31(59-38-27-36(28-18-13-11-14-19-28)48-37-26-30(57-8)22-23-32(37)38)25-34(33)42(53)51-40(46(2,3)4)43(54)50-39(45(56)58-9)29-20-15-12-16-21-29/h2*11,13-14,18-19,22-23,25-27,29,31,33,35,39-40H,10,12,15-17,20-21,24H2,1-9H3,(H,49,52)(H,50,54)(H,51,53)/t31-,33-,35+,39+,40-;31-,33-,35-,39-,40+/m10/s1. The zero-order chi connectivity index (χ0) is 87.6. The maximum Gasteiger partial charge on any atom is 0.329 e. The fraction of sp³-hybridized carbons (Fsp3) is 0.532. The third-order valence-electron chi connectivity index (χ3n) is 22.0. The highest BCUT2D eigenvalue weighted by Gasteiger charge is 2.46. The van der Waals surface area contributed by atoms with E-state index in [9.17, 15) is 47.9 Å².